The summed E-state index contributed by atoms with van der Waals surface area (Å²) in [4.78, 5) is 11.3. The number of nitrogens with zero attached hydrogens (tertiary/aromatic N) is 3. The molecule has 7 nitrogen and oxygen atoms in total. The molecule has 0 spiro atoms. The number of aromatic nitrogens is 2. The summed E-state index contributed by atoms with van der Waals surface area (Å²) in [6.45, 7) is 0.829. The maximum atomic E-state index is 13.0. The number of hydrogen-bond acceptors (Lipinski definition) is 7. The van der Waals surface area contributed by atoms with Gasteiger partial charge >= 0.3 is 0 Å². The van der Waals surface area contributed by atoms with E-state index < -0.39 is 9.84 Å². The molecule has 2 aromatic carbocycles. The first-order valence-corrected chi connectivity index (χ1v) is 14.3. The summed E-state index contributed by atoms with van der Waals surface area (Å²) in [5.74, 6) is 0.377. The summed E-state index contributed by atoms with van der Waals surface area (Å²) < 4.78 is 31.3. The highest BCUT2D eigenvalue weighted by Crippen LogP contribution is 2.42. The van der Waals surface area contributed by atoms with Crippen molar-refractivity contribution in [1.29, 1.82) is 0 Å². The van der Waals surface area contributed by atoms with Crippen molar-refractivity contribution >= 4 is 33.0 Å². The van der Waals surface area contributed by atoms with E-state index in [4.69, 9.17) is 27.9 Å². The molecule has 0 aliphatic carbocycles. The van der Waals surface area contributed by atoms with Crippen LogP contribution >= 0.6 is 23.2 Å². The Morgan fingerprint density at radius 1 is 1.03 bits per heavy atom. The third kappa shape index (κ3) is 4.90. The first-order valence-electron chi connectivity index (χ1n) is 11.9. The molecule has 0 amide bonds. The van der Waals surface area contributed by atoms with Crippen LogP contribution in [0.4, 0.5) is 0 Å². The smallest absolute Gasteiger partial charge is 0.219 e. The molecular weight excluding hydrogens is 545 g/mol. The van der Waals surface area contributed by atoms with Gasteiger partial charge in [-0.3, -0.25) is 4.98 Å². The maximum absolute atomic E-state index is 13.0. The van der Waals surface area contributed by atoms with Crippen LogP contribution in [0, 0.1) is 0 Å². The Bertz CT molecular complexity index is 1640. The van der Waals surface area contributed by atoms with Crippen LogP contribution in [0.5, 0.6) is 5.88 Å². The molecule has 4 aromatic rings. The van der Waals surface area contributed by atoms with Crippen molar-refractivity contribution in [3.8, 4) is 39.5 Å². The van der Waals surface area contributed by atoms with E-state index in [0.29, 0.717) is 73.1 Å². The van der Waals surface area contributed by atoms with Gasteiger partial charge in [0.05, 0.1) is 45.8 Å². The van der Waals surface area contributed by atoms with Crippen LogP contribution in [0.2, 0.25) is 10.0 Å². The molecule has 38 heavy (non-hydrogen) atoms. The van der Waals surface area contributed by atoms with Gasteiger partial charge in [0.25, 0.3) is 0 Å². The van der Waals surface area contributed by atoms with Gasteiger partial charge in [-0.15, -0.1) is 0 Å². The molecule has 1 N–H and O–H groups in total. The second kappa shape index (κ2) is 10.6. The highest BCUT2D eigenvalue weighted by atomic mass is 35.5. The van der Waals surface area contributed by atoms with Gasteiger partial charge in [-0.05, 0) is 36.9 Å². The van der Waals surface area contributed by atoms with Gasteiger partial charge in [0.1, 0.15) is 0 Å². The third-order valence-corrected chi connectivity index (χ3v) is 9.17. The summed E-state index contributed by atoms with van der Waals surface area (Å²) in [5, 5.41) is 10.3. The Morgan fingerprint density at radius 3 is 2.55 bits per heavy atom. The number of fused-ring (bicyclic) bond motifs is 1. The van der Waals surface area contributed by atoms with Crippen LogP contribution in [0.25, 0.3) is 33.6 Å². The number of methoxy groups -OCH3 is 1. The molecule has 0 atom stereocenters. The quantitative estimate of drug-likeness (QED) is 0.339. The van der Waals surface area contributed by atoms with Crippen LogP contribution in [0.3, 0.4) is 0 Å². The van der Waals surface area contributed by atoms with Gasteiger partial charge in [0, 0.05) is 47.1 Å². The van der Waals surface area contributed by atoms with Gasteiger partial charge in [-0.2, -0.15) is 0 Å². The number of aliphatic hydroxyl groups excluding tert-OH is 1. The minimum Gasteiger partial charge on any atom is -0.481 e. The van der Waals surface area contributed by atoms with Crippen LogP contribution in [0.1, 0.15) is 11.1 Å². The van der Waals surface area contributed by atoms with Gasteiger partial charge in [0.2, 0.25) is 5.88 Å². The largest absolute Gasteiger partial charge is 0.481 e. The number of hydrogen-bond donors (Lipinski definition) is 1. The predicted octanol–water partition coefficient (Wildman–Crippen LogP) is 5.50. The number of aliphatic hydroxyl groups is 1. The third-order valence-electron chi connectivity index (χ3n) is 6.61. The minimum absolute atomic E-state index is 0.0572. The number of ether oxygens (including phenoxy) is 1. The minimum atomic E-state index is -3.44. The predicted molar refractivity (Wildman–Crippen MR) is 149 cm³/mol. The van der Waals surface area contributed by atoms with E-state index >= 15 is 0 Å². The Balaban J connectivity index is 1.60. The summed E-state index contributed by atoms with van der Waals surface area (Å²) in [5.41, 5.74) is 4.98. The number of pyridine rings is 2. The van der Waals surface area contributed by atoms with Gasteiger partial charge in [-0.1, -0.05) is 53.5 Å². The first kappa shape index (κ1) is 26.6. The van der Waals surface area contributed by atoms with E-state index in [0.717, 1.165) is 5.56 Å². The lowest BCUT2D eigenvalue weighted by atomic mass is 9.99. The fraction of sp³-hybridized carbons (Fsp3) is 0.214. The fourth-order valence-electron chi connectivity index (χ4n) is 4.58. The average Bonchev–Trinajstić information content (AvgIpc) is 3.03. The molecule has 196 valence electrons. The molecule has 0 fully saturated rings. The van der Waals surface area contributed by atoms with Crippen molar-refractivity contribution in [2.75, 3.05) is 26.5 Å². The molecule has 2 aromatic heterocycles. The van der Waals surface area contributed by atoms with E-state index in [-0.39, 0.29) is 12.4 Å². The molecule has 1 aliphatic rings. The monoisotopic (exact) mass is 569 g/mol. The maximum Gasteiger partial charge on any atom is 0.219 e. The average molecular weight is 570 g/mol. The Labute approximate surface area is 231 Å². The Morgan fingerprint density at radius 2 is 1.79 bits per heavy atom. The lowest BCUT2D eigenvalue weighted by Crippen LogP contribution is -2.21. The molecular formula is C28H25Cl2N3O4S. The zero-order valence-electron chi connectivity index (χ0n) is 20.8. The molecule has 1 aliphatic heterocycles. The Hall–Kier alpha value is -3.01. The molecule has 0 unspecified atom stereocenters. The van der Waals surface area contributed by atoms with Crippen molar-refractivity contribution in [2.24, 2.45) is 0 Å². The summed E-state index contributed by atoms with van der Waals surface area (Å²) in [6.07, 6.45) is 1.63. The van der Waals surface area contributed by atoms with Crippen molar-refractivity contribution < 1.29 is 18.3 Å². The van der Waals surface area contributed by atoms with Crippen molar-refractivity contribution in [2.45, 2.75) is 18.0 Å². The molecule has 0 bridgehead atoms. The van der Waals surface area contributed by atoms with Gasteiger partial charge in [-0.25, -0.2) is 13.4 Å². The zero-order chi connectivity index (χ0) is 27.0. The molecule has 0 radical (unpaired) electrons. The molecule has 0 saturated carbocycles. The van der Waals surface area contributed by atoms with E-state index in [9.17, 15) is 13.5 Å². The fourth-order valence-corrected chi connectivity index (χ4v) is 6.84. The first-order chi connectivity index (χ1) is 18.2. The van der Waals surface area contributed by atoms with Gasteiger partial charge in [0.15, 0.2) is 9.84 Å². The van der Waals surface area contributed by atoms with Crippen LogP contribution in [0.15, 0.2) is 65.7 Å². The topological polar surface area (TPSA) is 92.6 Å². The zero-order valence-corrected chi connectivity index (χ0v) is 23.1. The highest BCUT2D eigenvalue weighted by molar-refractivity contribution is 7.91. The number of benzene rings is 2. The standard InChI is InChI=1S/C28H25Cl2N3O4S/c1-33-12-13-38(35,36)24-14-17(6-7-18(24)15-33)27-26(30)21(10-11-31-27)20-4-3-5-22(25(20)29)23-9-8-19(16-34)28(32-23)37-2/h3-11,14,34H,12-13,15-16H2,1-2H3. The number of sulfone groups is 1. The molecule has 3 heterocycles. The van der Waals surface area contributed by atoms with Crippen molar-refractivity contribution in [3.05, 3.63) is 82.0 Å². The van der Waals surface area contributed by atoms with Crippen molar-refractivity contribution in [1.82, 2.24) is 14.9 Å². The van der Waals surface area contributed by atoms with E-state index in [1.54, 1.807) is 30.5 Å². The summed E-state index contributed by atoms with van der Waals surface area (Å²) >= 11 is 13.8. The summed E-state index contributed by atoms with van der Waals surface area (Å²) in [6, 6.07) is 16.2. The highest BCUT2D eigenvalue weighted by Gasteiger charge is 2.25. The molecule has 0 saturated heterocycles. The second-order valence-corrected chi connectivity index (χ2v) is 11.9. The Kier molecular flexibility index (Phi) is 7.44. The normalized spacial score (nSPS) is 15.1. The van der Waals surface area contributed by atoms with Gasteiger partial charge < -0.3 is 14.7 Å². The van der Waals surface area contributed by atoms with Crippen LogP contribution < -0.4 is 4.74 Å². The summed E-state index contributed by atoms with van der Waals surface area (Å²) in [7, 11) is -0.0362. The number of rotatable bonds is 5. The van der Waals surface area contributed by atoms with Crippen molar-refractivity contribution in [3.63, 3.8) is 0 Å². The SMILES string of the molecule is COc1nc(-c2cccc(-c3ccnc(-c4ccc5c(c4)S(=O)(=O)CCN(C)C5)c3Cl)c2Cl)ccc1CO. The second-order valence-electron chi connectivity index (χ2n) is 9.09. The van der Waals surface area contributed by atoms with E-state index in [2.05, 4.69) is 9.97 Å². The van der Waals surface area contributed by atoms with E-state index in [1.807, 2.05) is 42.3 Å². The lowest BCUT2D eigenvalue weighted by molar-refractivity contribution is 0.271. The van der Waals surface area contributed by atoms with Crippen LogP contribution in [-0.4, -0.2) is 54.8 Å². The molecule has 5 rings (SSSR count). The van der Waals surface area contributed by atoms with E-state index in [1.165, 1.54) is 7.11 Å². The van der Waals surface area contributed by atoms with Crippen LogP contribution in [-0.2, 0) is 23.0 Å². The lowest BCUT2D eigenvalue weighted by Gasteiger charge is -2.15. The molecule has 10 heteroatoms. The number of halogens is 2.